The van der Waals surface area contributed by atoms with Crippen LogP contribution in [-0.2, 0) is 19.5 Å². The van der Waals surface area contributed by atoms with Crippen LogP contribution in [-0.4, -0.2) is 27.6 Å². The number of nitrogens with zero attached hydrogens (tertiary/aromatic N) is 3. The van der Waals surface area contributed by atoms with Crippen molar-refractivity contribution in [3.63, 3.8) is 0 Å². The Balaban J connectivity index is 1.50. The maximum Gasteiger partial charge on any atom is 0.253 e. The summed E-state index contributed by atoms with van der Waals surface area (Å²) in [5, 5.41) is 3.86. The van der Waals surface area contributed by atoms with E-state index in [9.17, 15) is 4.79 Å². The van der Waals surface area contributed by atoms with Gasteiger partial charge in [0.2, 0.25) is 0 Å². The average molecular weight is 322 g/mol. The normalized spacial score (nSPS) is 13.0. The first-order chi connectivity index (χ1) is 11.7. The van der Waals surface area contributed by atoms with Crippen molar-refractivity contribution in [1.29, 1.82) is 0 Å². The second-order valence-corrected chi connectivity index (χ2v) is 5.89. The number of carbonyl (C=O) groups excluding carboxylic acids is 1. The fourth-order valence-corrected chi connectivity index (χ4v) is 3.09. The molecule has 0 spiro atoms. The zero-order valence-electron chi connectivity index (χ0n) is 13.5. The van der Waals surface area contributed by atoms with Crippen molar-refractivity contribution in [1.82, 2.24) is 19.9 Å². The second-order valence-electron chi connectivity index (χ2n) is 5.89. The van der Waals surface area contributed by atoms with Crippen LogP contribution in [0.4, 0.5) is 0 Å². The number of fused-ring (bicyclic) bond motifs is 2. The van der Waals surface area contributed by atoms with Gasteiger partial charge in [0.05, 0.1) is 36.6 Å². The highest BCUT2D eigenvalue weighted by molar-refractivity contribution is 5.97. The number of hydrogen-bond acceptors (Lipinski definition) is 4. The van der Waals surface area contributed by atoms with Crippen LogP contribution in [0.15, 0.2) is 36.7 Å². The molecule has 0 aliphatic carbocycles. The minimum atomic E-state index is -0.131. The van der Waals surface area contributed by atoms with E-state index in [2.05, 4.69) is 19.9 Å². The summed E-state index contributed by atoms with van der Waals surface area (Å²) in [4.78, 5) is 21.1. The average Bonchev–Trinajstić information content (AvgIpc) is 3.22. The summed E-state index contributed by atoms with van der Waals surface area (Å²) in [6.07, 6.45) is 5.59. The highest BCUT2D eigenvalue weighted by Gasteiger charge is 2.16. The van der Waals surface area contributed by atoms with Crippen molar-refractivity contribution in [2.24, 2.45) is 0 Å². The topological polar surface area (TPSA) is 69.0 Å². The lowest BCUT2D eigenvalue weighted by molar-refractivity contribution is 0.0950. The summed E-state index contributed by atoms with van der Waals surface area (Å²) in [5.41, 5.74) is 2.41. The summed E-state index contributed by atoms with van der Waals surface area (Å²) in [5.74, 6) is 1.73. The van der Waals surface area contributed by atoms with E-state index in [4.69, 9.17) is 4.74 Å². The quantitative estimate of drug-likeness (QED) is 0.800. The molecule has 1 N–H and O–H groups in total. The fraction of sp³-hybridized carbons (Fsp3) is 0.278. The number of aryl methyl sites for hydroxylation is 1. The molecule has 1 aromatic carbocycles. The third kappa shape index (κ3) is 2.60. The molecule has 3 heterocycles. The van der Waals surface area contributed by atoms with Crippen LogP contribution in [0.25, 0.3) is 10.9 Å². The monoisotopic (exact) mass is 322 g/mol. The lowest BCUT2D eigenvalue weighted by Crippen LogP contribution is -2.24. The lowest BCUT2D eigenvalue weighted by atomic mass is 10.1. The Morgan fingerprint density at radius 2 is 2.21 bits per heavy atom. The molecule has 4 rings (SSSR count). The van der Waals surface area contributed by atoms with Crippen LogP contribution in [0, 0.1) is 0 Å². The molecule has 2 aromatic heterocycles. The number of carbonyl (C=O) groups is 1. The van der Waals surface area contributed by atoms with Gasteiger partial charge < -0.3 is 14.6 Å². The van der Waals surface area contributed by atoms with E-state index in [1.54, 1.807) is 13.3 Å². The van der Waals surface area contributed by atoms with E-state index >= 15 is 0 Å². The molecule has 1 aliphatic heterocycles. The Morgan fingerprint density at radius 1 is 1.29 bits per heavy atom. The molecule has 0 saturated heterocycles. The van der Waals surface area contributed by atoms with Gasteiger partial charge in [-0.2, -0.15) is 0 Å². The van der Waals surface area contributed by atoms with Crippen molar-refractivity contribution in [2.45, 2.75) is 25.9 Å². The van der Waals surface area contributed by atoms with Crippen LogP contribution >= 0.6 is 0 Å². The van der Waals surface area contributed by atoms with Gasteiger partial charge in [-0.15, -0.1) is 0 Å². The zero-order valence-corrected chi connectivity index (χ0v) is 13.5. The first kappa shape index (κ1) is 14.7. The Hall–Kier alpha value is -2.89. The van der Waals surface area contributed by atoms with Gasteiger partial charge in [-0.25, -0.2) is 4.98 Å². The van der Waals surface area contributed by atoms with E-state index in [1.165, 1.54) is 0 Å². The maximum atomic E-state index is 12.4. The summed E-state index contributed by atoms with van der Waals surface area (Å²) >= 11 is 0. The van der Waals surface area contributed by atoms with Gasteiger partial charge >= 0.3 is 0 Å². The van der Waals surface area contributed by atoms with Crippen LogP contribution < -0.4 is 10.1 Å². The molecule has 6 heteroatoms. The van der Waals surface area contributed by atoms with E-state index in [1.807, 2.05) is 30.5 Å². The van der Waals surface area contributed by atoms with E-state index in [0.29, 0.717) is 12.1 Å². The number of imidazole rings is 1. The smallest absolute Gasteiger partial charge is 0.253 e. The molecule has 3 aromatic rings. The summed E-state index contributed by atoms with van der Waals surface area (Å²) < 4.78 is 7.37. The molecule has 1 aliphatic rings. The van der Waals surface area contributed by atoms with Crippen LogP contribution in [0.2, 0.25) is 0 Å². The number of amides is 1. The SMILES string of the molecule is COc1ccc2cc(C(=O)NCc3cnc4n3CCC4)cnc2c1. The number of aromatic nitrogens is 3. The molecule has 0 bridgehead atoms. The second kappa shape index (κ2) is 5.96. The largest absolute Gasteiger partial charge is 0.497 e. The number of benzene rings is 1. The van der Waals surface area contributed by atoms with Crippen molar-refractivity contribution in [3.05, 3.63) is 53.7 Å². The molecule has 0 radical (unpaired) electrons. The zero-order chi connectivity index (χ0) is 16.5. The molecular weight excluding hydrogens is 304 g/mol. The minimum Gasteiger partial charge on any atom is -0.497 e. The number of methoxy groups -OCH3 is 1. The number of pyridine rings is 1. The molecular formula is C18H18N4O2. The van der Waals surface area contributed by atoms with Gasteiger partial charge in [0.15, 0.2) is 0 Å². The van der Waals surface area contributed by atoms with Gasteiger partial charge in [-0.3, -0.25) is 9.78 Å². The van der Waals surface area contributed by atoms with Gasteiger partial charge in [0.1, 0.15) is 11.6 Å². The van der Waals surface area contributed by atoms with E-state index in [0.717, 1.165) is 47.6 Å². The fourth-order valence-electron chi connectivity index (χ4n) is 3.09. The van der Waals surface area contributed by atoms with Gasteiger partial charge in [0, 0.05) is 30.6 Å². The molecule has 1 amide bonds. The molecule has 24 heavy (non-hydrogen) atoms. The van der Waals surface area contributed by atoms with Gasteiger partial charge in [-0.1, -0.05) is 0 Å². The van der Waals surface area contributed by atoms with Crippen molar-refractivity contribution < 1.29 is 9.53 Å². The summed E-state index contributed by atoms with van der Waals surface area (Å²) in [7, 11) is 1.62. The summed E-state index contributed by atoms with van der Waals surface area (Å²) in [6, 6.07) is 7.47. The van der Waals surface area contributed by atoms with Crippen molar-refractivity contribution in [3.8, 4) is 5.75 Å². The lowest BCUT2D eigenvalue weighted by Gasteiger charge is -2.08. The number of ether oxygens (including phenoxy) is 1. The van der Waals surface area contributed by atoms with E-state index in [-0.39, 0.29) is 5.91 Å². The Labute approximate surface area is 139 Å². The van der Waals surface area contributed by atoms with Crippen LogP contribution in [0.1, 0.15) is 28.3 Å². The Bertz CT molecular complexity index is 917. The first-order valence-corrected chi connectivity index (χ1v) is 8.00. The Kier molecular flexibility index (Phi) is 3.65. The predicted octanol–water partition coefficient (Wildman–Crippen LogP) is 2.32. The van der Waals surface area contributed by atoms with E-state index < -0.39 is 0 Å². The molecule has 122 valence electrons. The molecule has 0 saturated carbocycles. The number of nitrogens with one attached hydrogen (secondary N) is 1. The molecule has 0 unspecified atom stereocenters. The predicted molar refractivity (Wildman–Crippen MR) is 90.0 cm³/mol. The first-order valence-electron chi connectivity index (χ1n) is 8.00. The number of hydrogen-bond donors (Lipinski definition) is 1. The van der Waals surface area contributed by atoms with Crippen molar-refractivity contribution in [2.75, 3.05) is 7.11 Å². The standard InChI is InChI=1S/C18H18N4O2/c1-24-15-5-4-12-7-13(9-19-16(12)8-15)18(23)21-11-14-10-20-17-3-2-6-22(14)17/h4-5,7-10H,2-3,6,11H2,1H3,(H,21,23). The molecule has 0 atom stereocenters. The third-order valence-electron chi connectivity index (χ3n) is 4.39. The highest BCUT2D eigenvalue weighted by atomic mass is 16.5. The van der Waals surface area contributed by atoms with Gasteiger partial charge in [-0.05, 0) is 24.6 Å². The van der Waals surface area contributed by atoms with Crippen LogP contribution in [0.3, 0.4) is 0 Å². The minimum absolute atomic E-state index is 0.131. The van der Waals surface area contributed by atoms with Crippen molar-refractivity contribution >= 4 is 16.8 Å². The summed E-state index contributed by atoms with van der Waals surface area (Å²) in [6.45, 7) is 1.46. The molecule has 6 nitrogen and oxygen atoms in total. The number of rotatable bonds is 4. The highest BCUT2D eigenvalue weighted by Crippen LogP contribution is 2.20. The Morgan fingerprint density at radius 3 is 3.08 bits per heavy atom. The molecule has 0 fully saturated rings. The van der Waals surface area contributed by atoms with Crippen LogP contribution in [0.5, 0.6) is 5.75 Å². The van der Waals surface area contributed by atoms with Gasteiger partial charge in [0.25, 0.3) is 5.91 Å². The third-order valence-corrected chi connectivity index (χ3v) is 4.39. The maximum absolute atomic E-state index is 12.4.